The summed E-state index contributed by atoms with van der Waals surface area (Å²) in [5.74, 6) is -6.14. The fourth-order valence-corrected chi connectivity index (χ4v) is 2.80. The van der Waals surface area contributed by atoms with Gasteiger partial charge in [0.05, 0.1) is 6.54 Å². The molecule has 1 aliphatic heterocycles. The summed E-state index contributed by atoms with van der Waals surface area (Å²) >= 11 is 0. The monoisotopic (exact) mass is 361 g/mol. The number of hydroxylamine groups is 2. The molecule has 0 fully saturated rings. The average Bonchev–Trinajstić information content (AvgIpc) is 2.95. The number of carbonyl (C=O) groups is 2. The summed E-state index contributed by atoms with van der Waals surface area (Å²) in [6.45, 7) is -0.0765. The van der Waals surface area contributed by atoms with Gasteiger partial charge in [0, 0.05) is 5.56 Å². The molecule has 134 valence electrons. The fourth-order valence-electron chi connectivity index (χ4n) is 2.80. The fraction of sp³-hybridized carbons (Fsp3) is 0.111. The highest BCUT2D eigenvalue weighted by Gasteiger charge is 2.45. The van der Waals surface area contributed by atoms with E-state index in [1.165, 1.54) is 0 Å². The van der Waals surface area contributed by atoms with Crippen LogP contribution in [0.3, 0.4) is 0 Å². The van der Waals surface area contributed by atoms with Crippen LogP contribution in [-0.4, -0.2) is 27.2 Å². The molecule has 2 N–H and O–H groups in total. The Hall–Kier alpha value is -3.26. The number of carboxylic acids is 2. The van der Waals surface area contributed by atoms with Crippen LogP contribution in [0, 0.1) is 11.6 Å². The van der Waals surface area contributed by atoms with E-state index in [0.717, 1.165) is 23.3 Å². The molecular weight excluding hydrogens is 348 g/mol. The van der Waals surface area contributed by atoms with Gasteiger partial charge < -0.3 is 15.1 Å². The molecule has 0 aromatic heterocycles. The van der Waals surface area contributed by atoms with Gasteiger partial charge in [0.2, 0.25) is 5.76 Å². The lowest BCUT2D eigenvalue weighted by molar-refractivity contribution is -0.158. The van der Waals surface area contributed by atoms with Gasteiger partial charge in [-0.25, -0.2) is 18.4 Å². The minimum absolute atomic E-state index is 0.0765. The Bertz CT molecular complexity index is 877. The maximum absolute atomic E-state index is 14.3. The van der Waals surface area contributed by atoms with Gasteiger partial charge in [-0.2, -0.15) is 0 Å². The number of halogens is 2. The van der Waals surface area contributed by atoms with Gasteiger partial charge in [-0.15, -0.1) is 5.06 Å². The molecule has 1 unspecified atom stereocenters. The van der Waals surface area contributed by atoms with E-state index in [-0.39, 0.29) is 6.54 Å². The molecule has 2 aromatic rings. The van der Waals surface area contributed by atoms with Crippen LogP contribution < -0.4 is 0 Å². The van der Waals surface area contributed by atoms with Gasteiger partial charge in [0.1, 0.15) is 23.2 Å². The highest BCUT2D eigenvalue weighted by atomic mass is 19.1. The molecular formula is C18H13F2NO5. The molecule has 0 aliphatic carbocycles. The summed E-state index contributed by atoms with van der Waals surface area (Å²) in [5, 5.41) is 19.7. The molecule has 0 bridgehead atoms. The second-order valence-corrected chi connectivity index (χ2v) is 5.54. The molecule has 0 saturated carbocycles. The first-order valence-corrected chi connectivity index (χ1v) is 7.53. The van der Waals surface area contributed by atoms with Crippen molar-refractivity contribution in [2.45, 2.75) is 12.6 Å². The Balaban J connectivity index is 2.13. The zero-order valence-corrected chi connectivity index (χ0v) is 13.2. The SMILES string of the molecule is O=C(O)C1=C(C(=O)O)C(c2c(F)cccc2F)N(Cc2ccccc2)O1. The van der Waals surface area contributed by atoms with Gasteiger partial charge in [-0.1, -0.05) is 36.4 Å². The van der Waals surface area contributed by atoms with E-state index in [0.29, 0.717) is 5.56 Å². The molecule has 1 heterocycles. The quantitative estimate of drug-likeness (QED) is 0.852. The van der Waals surface area contributed by atoms with Crippen LogP contribution in [-0.2, 0) is 21.0 Å². The van der Waals surface area contributed by atoms with Gasteiger partial charge in [-0.3, -0.25) is 0 Å². The molecule has 8 heteroatoms. The van der Waals surface area contributed by atoms with E-state index in [1.807, 2.05) is 0 Å². The number of nitrogens with zero attached hydrogens (tertiary/aromatic N) is 1. The molecule has 1 aliphatic rings. The van der Waals surface area contributed by atoms with Gasteiger partial charge in [-0.05, 0) is 17.7 Å². The minimum Gasteiger partial charge on any atom is -0.478 e. The Labute approximate surface area is 146 Å². The van der Waals surface area contributed by atoms with Crippen molar-refractivity contribution in [3.63, 3.8) is 0 Å². The summed E-state index contributed by atoms with van der Waals surface area (Å²) < 4.78 is 28.6. The lowest BCUT2D eigenvalue weighted by atomic mass is 9.96. The third kappa shape index (κ3) is 3.14. The standard InChI is InChI=1S/C18H13F2NO5/c19-11-7-4-8-12(20)13(11)15-14(17(22)23)16(18(24)25)26-21(15)9-10-5-2-1-3-6-10/h1-8,15H,9H2,(H,22,23)(H,24,25). The van der Waals surface area contributed by atoms with Crippen molar-refractivity contribution in [2.75, 3.05) is 0 Å². The van der Waals surface area contributed by atoms with Crippen LogP contribution >= 0.6 is 0 Å². The third-order valence-corrected chi connectivity index (χ3v) is 3.89. The lowest BCUT2D eigenvalue weighted by Gasteiger charge is -2.24. The van der Waals surface area contributed by atoms with Gasteiger partial charge in [0.15, 0.2) is 0 Å². The van der Waals surface area contributed by atoms with Gasteiger partial charge >= 0.3 is 11.9 Å². The maximum Gasteiger partial charge on any atom is 0.374 e. The van der Waals surface area contributed by atoms with Crippen LogP contribution in [0.2, 0.25) is 0 Å². The molecule has 2 aromatic carbocycles. The van der Waals surface area contributed by atoms with Gasteiger partial charge in [0.25, 0.3) is 0 Å². The smallest absolute Gasteiger partial charge is 0.374 e. The normalized spacial score (nSPS) is 17.2. The Morgan fingerprint density at radius 3 is 2.12 bits per heavy atom. The summed E-state index contributed by atoms with van der Waals surface area (Å²) in [6, 6.07) is 10.1. The predicted molar refractivity (Wildman–Crippen MR) is 84.5 cm³/mol. The molecule has 0 saturated heterocycles. The molecule has 3 rings (SSSR count). The summed E-state index contributed by atoms with van der Waals surface area (Å²) in [6.07, 6.45) is 0. The molecule has 0 radical (unpaired) electrons. The largest absolute Gasteiger partial charge is 0.478 e. The summed E-state index contributed by atoms with van der Waals surface area (Å²) in [7, 11) is 0. The van der Waals surface area contributed by atoms with Crippen LogP contribution in [0.25, 0.3) is 0 Å². The second-order valence-electron chi connectivity index (χ2n) is 5.54. The highest BCUT2D eigenvalue weighted by Crippen LogP contribution is 2.41. The number of hydrogen-bond donors (Lipinski definition) is 2. The van der Waals surface area contributed by atoms with Crippen molar-refractivity contribution in [3.8, 4) is 0 Å². The Kier molecular flexibility index (Phi) is 4.68. The number of benzene rings is 2. The number of rotatable bonds is 5. The number of aliphatic carboxylic acids is 2. The first kappa shape index (κ1) is 17.6. The molecule has 26 heavy (non-hydrogen) atoms. The van der Waals surface area contributed by atoms with Crippen molar-refractivity contribution in [3.05, 3.63) is 82.6 Å². The molecule has 0 amide bonds. The van der Waals surface area contributed by atoms with E-state index in [2.05, 4.69) is 0 Å². The first-order chi connectivity index (χ1) is 12.4. The highest BCUT2D eigenvalue weighted by molar-refractivity contribution is 5.99. The predicted octanol–water partition coefficient (Wildman–Crippen LogP) is 2.88. The zero-order valence-electron chi connectivity index (χ0n) is 13.2. The Morgan fingerprint density at radius 2 is 1.58 bits per heavy atom. The first-order valence-electron chi connectivity index (χ1n) is 7.53. The van der Waals surface area contributed by atoms with Crippen LogP contribution in [0.4, 0.5) is 8.78 Å². The maximum atomic E-state index is 14.3. The van der Waals surface area contributed by atoms with E-state index >= 15 is 0 Å². The van der Waals surface area contributed by atoms with Crippen molar-refractivity contribution in [2.24, 2.45) is 0 Å². The van der Waals surface area contributed by atoms with E-state index in [9.17, 15) is 28.6 Å². The molecule has 6 nitrogen and oxygen atoms in total. The zero-order chi connectivity index (χ0) is 18.8. The second kappa shape index (κ2) is 6.93. The lowest BCUT2D eigenvalue weighted by Crippen LogP contribution is -2.27. The van der Waals surface area contributed by atoms with Crippen LogP contribution in [0.5, 0.6) is 0 Å². The summed E-state index contributed by atoms with van der Waals surface area (Å²) in [4.78, 5) is 28.2. The topological polar surface area (TPSA) is 87.1 Å². The van der Waals surface area contributed by atoms with Crippen molar-refractivity contribution in [1.29, 1.82) is 0 Å². The average molecular weight is 361 g/mol. The third-order valence-electron chi connectivity index (χ3n) is 3.89. The van der Waals surface area contributed by atoms with Crippen LogP contribution in [0.1, 0.15) is 17.2 Å². The number of carboxylic acid groups (broad SMARTS) is 2. The van der Waals surface area contributed by atoms with Crippen molar-refractivity contribution >= 4 is 11.9 Å². The van der Waals surface area contributed by atoms with E-state index in [4.69, 9.17) is 4.84 Å². The molecule has 1 atom stereocenters. The Morgan fingerprint density at radius 1 is 0.962 bits per heavy atom. The summed E-state index contributed by atoms with van der Waals surface area (Å²) in [5.41, 5.74) is -0.680. The van der Waals surface area contributed by atoms with Crippen molar-refractivity contribution < 1.29 is 33.4 Å². The minimum atomic E-state index is -1.64. The van der Waals surface area contributed by atoms with Crippen molar-refractivity contribution in [1.82, 2.24) is 5.06 Å². The van der Waals surface area contributed by atoms with E-state index < -0.39 is 46.5 Å². The number of hydrogen-bond acceptors (Lipinski definition) is 4. The molecule has 0 spiro atoms. The van der Waals surface area contributed by atoms with Crippen LogP contribution in [0.15, 0.2) is 59.9 Å². The van der Waals surface area contributed by atoms with E-state index in [1.54, 1.807) is 30.3 Å².